The summed E-state index contributed by atoms with van der Waals surface area (Å²) in [6.07, 6.45) is 0. The fourth-order valence-corrected chi connectivity index (χ4v) is 2.51. The van der Waals surface area contributed by atoms with Gasteiger partial charge in [-0.3, -0.25) is 4.79 Å². The molecule has 4 nitrogen and oxygen atoms in total. The molecule has 0 aliphatic rings. The number of hydrogen-bond acceptors (Lipinski definition) is 4. The Morgan fingerprint density at radius 2 is 2.00 bits per heavy atom. The highest BCUT2D eigenvalue weighted by Gasteiger charge is 2.13. The third-order valence-corrected chi connectivity index (χ3v) is 3.81. The smallest absolute Gasteiger partial charge is 0.348 e. The fourth-order valence-electron chi connectivity index (χ4n) is 1.40. The second-order valence-corrected chi connectivity index (χ2v) is 5.98. The van der Waals surface area contributed by atoms with Gasteiger partial charge in [-0.15, -0.1) is 11.3 Å². The molecule has 0 atom stereocenters. The number of nitrogens with one attached hydrogen (secondary N) is 1. The molecule has 0 fully saturated rings. The molecule has 1 aromatic heterocycles. The molecule has 110 valence electrons. The van der Waals surface area contributed by atoms with Crippen molar-refractivity contribution in [1.29, 1.82) is 0 Å². The van der Waals surface area contributed by atoms with E-state index in [-0.39, 0.29) is 5.02 Å². The number of halogens is 3. The average Bonchev–Trinajstić information content (AvgIpc) is 2.87. The van der Waals surface area contributed by atoms with E-state index < -0.39 is 24.3 Å². The topological polar surface area (TPSA) is 55.4 Å². The van der Waals surface area contributed by atoms with Crippen molar-refractivity contribution in [1.82, 2.24) is 0 Å². The van der Waals surface area contributed by atoms with E-state index in [1.807, 2.05) is 0 Å². The molecule has 8 heteroatoms. The molecule has 0 aliphatic carbocycles. The van der Waals surface area contributed by atoms with Gasteiger partial charge in [-0.05, 0) is 30.3 Å². The molecule has 2 rings (SSSR count). The average molecular weight is 348 g/mol. The van der Waals surface area contributed by atoms with Gasteiger partial charge in [-0.2, -0.15) is 0 Å². The van der Waals surface area contributed by atoms with E-state index in [0.29, 0.717) is 14.9 Å². The minimum absolute atomic E-state index is 0.113. The van der Waals surface area contributed by atoms with E-state index >= 15 is 0 Å². The van der Waals surface area contributed by atoms with Crippen LogP contribution in [0, 0.1) is 5.82 Å². The number of ether oxygens (including phenoxy) is 1. The van der Waals surface area contributed by atoms with Crippen molar-refractivity contribution >= 4 is 52.1 Å². The maximum absolute atomic E-state index is 13.0. The quantitative estimate of drug-likeness (QED) is 0.850. The van der Waals surface area contributed by atoms with Crippen LogP contribution >= 0.6 is 34.5 Å². The predicted octanol–water partition coefficient (Wildman–Crippen LogP) is 3.99. The molecule has 1 amide bonds. The largest absolute Gasteiger partial charge is 0.451 e. The van der Waals surface area contributed by atoms with Crippen molar-refractivity contribution in [2.75, 3.05) is 11.9 Å². The van der Waals surface area contributed by atoms with Crippen LogP contribution in [0.5, 0.6) is 0 Å². The lowest BCUT2D eigenvalue weighted by Crippen LogP contribution is -2.20. The molecular formula is C13H8Cl2FNO3S. The number of carbonyl (C=O) groups is 2. The Bertz CT molecular complexity index is 690. The van der Waals surface area contributed by atoms with Crippen LogP contribution in [-0.4, -0.2) is 18.5 Å². The van der Waals surface area contributed by atoms with Crippen LogP contribution in [0.3, 0.4) is 0 Å². The highest BCUT2D eigenvalue weighted by molar-refractivity contribution is 7.17. The van der Waals surface area contributed by atoms with Crippen LogP contribution in [0.15, 0.2) is 30.3 Å². The van der Waals surface area contributed by atoms with Gasteiger partial charge in [0, 0.05) is 5.69 Å². The van der Waals surface area contributed by atoms with Gasteiger partial charge < -0.3 is 10.1 Å². The van der Waals surface area contributed by atoms with Gasteiger partial charge in [0.2, 0.25) is 0 Å². The van der Waals surface area contributed by atoms with Gasteiger partial charge in [0.25, 0.3) is 5.91 Å². The lowest BCUT2D eigenvalue weighted by molar-refractivity contribution is -0.119. The van der Waals surface area contributed by atoms with E-state index in [9.17, 15) is 14.0 Å². The second kappa shape index (κ2) is 6.89. The van der Waals surface area contributed by atoms with Crippen LogP contribution in [0.2, 0.25) is 9.36 Å². The third kappa shape index (κ3) is 4.42. The lowest BCUT2D eigenvalue weighted by Gasteiger charge is -2.06. The van der Waals surface area contributed by atoms with Crippen molar-refractivity contribution in [2.24, 2.45) is 0 Å². The third-order valence-electron chi connectivity index (χ3n) is 2.31. The normalized spacial score (nSPS) is 10.2. The first kappa shape index (κ1) is 15.8. The first-order valence-corrected chi connectivity index (χ1v) is 7.20. The predicted molar refractivity (Wildman–Crippen MR) is 79.7 cm³/mol. The maximum Gasteiger partial charge on any atom is 0.348 e. The zero-order valence-electron chi connectivity index (χ0n) is 10.4. The summed E-state index contributed by atoms with van der Waals surface area (Å²) in [5.41, 5.74) is 0.307. The first-order valence-electron chi connectivity index (χ1n) is 5.63. The highest BCUT2D eigenvalue weighted by Crippen LogP contribution is 2.22. The Labute approximate surface area is 133 Å². The van der Waals surface area contributed by atoms with Crippen LogP contribution in [-0.2, 0) is 9.53 Å². The van der Waals surface area contributed by atoms with Crippen LogP contribution in [0.4, 0.5) is 10.1 Å². The van der Waals surface area contributed by atoms with E-state index in [2.05, 4.69) is 5.32 Å². The zero-order valence-corrected chi connectivity index (χ0v) is 12.7. The van der Waals surface area contributed by atoms with Gasteiger partial charge in [0.15, 0.2) is 6.61 Å². The monoisotopic (exact) mass is 347 g/mol. The minimum Gasteiger partial charge on any atom is -0.451 e. The van der Waals surface area contributed by atoms with E-state index in [1.165, 1.54) is 18.2 Å². The summed E-state index contributed by atoms with van der Waals surface area (Å²) >= 11 is 12.3. The zero-order chi connectivity index (χ0) is 15.4. The van der Waals surface area contributed by atoms with Crippen molar-refractivity contribution in [3.05, 3.63) is 50.4 Å². The summed E-state index contributed by atoms with van der Waals surface area (Å²) in [5, 5.41) is 2.32. The Balaban J connectivity index is 1.87. The number of thiophene rings is 1. The standard InChI is InChI=1S/C13H8Cl2FNO3S/c14-8-5-7(1-2-9(8)16)17-12(18)6-20-13(19)10-3-4-11(15)21-10/h1-5H,6H2,(H,17,18). The fraction of sp³-hybridized carbons (Fsp3) is 0.0769. The number of anilines is 1. The molecule has 0 unspecified atom stereocenters. The van der Waals surface area contributed by atoms with Crippen LogP contribution in [0.25, 0.3) is 0 Å². The molecule has 0 spiro atoms. The molecular weight excluding hydrogens is 340 g/mol. The number of benzene rings is 1. The van der Waals surface area contributed by atoms with Crippen molar-refractivity contribution in [3.63, 3.8) is 0 Å². The summed E-state index contributed by atoms with van der Waals surface area (Å²) in [7, 11) is 0. The van der Waals surface area contributed by atoms with Gasteiger partial charge in [-0.1, -0.05) is 23.2 Å². The maximum atomic E-state index is 13.0. The summed E-state index contributed by atoms with van der Waals surface area (Å²) in [6.45, 7) is -0.469. The molecule has 0 saturated carbocycles. The summed E-state index contributed by atoms with van der Waals surface area (Å²) in [6, 6.07) is 6.80. The summed E-state index contributed by atoms with van der Waals surface area (Å²) in [4.78, 5) is 23.5. The second-order valence-electron chi connectivity index (χ2n) is 3.86. The number of carbonyl (C=O) groups excluding carboxylic acids is 2. The molecule has 1 aromatic carbocycles. The number of amides is 1. The molecule has 21 heavy (non-hydrogen) atoms. The SMILES string of the molecule is O=C(COC(=O)c1ccc(Cl)s1)Nc1ccc(F)c(Cl)c1. The molecule has 0 saturated heterocycles. The molecule has 2 aromatic rings. The summed E-state index contributed by atoms with van der Waals surface area (Å²) < 4.78 is 18.2. The van der Waals surface area contributed by atoms with Gasteiger partial charge in [-0.25, -0.2) is 9.18 Å². The van der Waals surface area contributed by atoms with Gasteiger partial charge >= 0.3 is 5.97 Å². The summed E-state index contributed by atoms with van der Waals surface area (Å²) in [5.74, 6) is -1.79. The molecule has 0 radical (unpaired) electrons. The van der Waals surface area contributed by atoms with Gasteiger partial charge in [0.05, 0.1) is 9.36 Å². The van der Waals surface area contributed by atoms with E-state index in [1.54, 1.807) is 6.07 Å². The number of rotatable bonds is 4. The van der Waals surface area contributed by atoms with Crippen LogP contribution in [0.1, 0.15) is 9.67 Å². The number of hydrogen-bond donors (Lipinski definition) is 1. The van der Waals surface area contributed by atoms with Crippen molar-refractivity contribution < 1.29 is 18.7 Å². The van der Waals surface area contributed by atoms with E-state index in [0.717, 1.165) is 17.4 Å². The van der Waals surface area contributed by atoms with Crippen molar-refractivity contribution in [3.8, 4) is 0 Å². The first-order chi connectivity index (χ1) is 9.95. The molecule has 0 aliphatic heterocycles. The van der Waals surface area contributed by atoms with Gasteiger partial charge in [0.1, 0.15) is 10.7 Å². The molecule has 0 bridgehead atoms. The Hall–Kier alpha value is -1.63. The molecule has 1 heterocycles. The number of esters is 1. The Morgan fingerprint density at radius 3 is 2.62 bits per heavy atom. The molecule has 1 N–H and O–H groups in total. The Kier molecular flexibility index (Phi) is 5.17. The Morgan fingerprint density at radius 1 is 1.24 bits per heavy atom. The van der Waals surface area contributed by atoms with Crippen LogP contribution < -0.4 is 5.32 Å². The van der Waals surface area contributed by atoms with Crippen molar-refractivity contribution in [2.45, 2.75) is 0 Å². The highest BCUT2D eigenvalue weighted by atomic mass is 35.5. The van der Waals surface area contributed by atoms with E-state index in [4.69, 9.17) is 27.9 Å². The minimum atomic E-state index is -0.640. The lowest BCUT2D eigenvalue weighted by atomic mass is 10.3.